The number of amides is 1. The molecule has 1 aromatic carbocycles. The lowest BCUT2D eigenvalue weighted by Crippen LogP contribution is -2.26. The van der Waals surface area contributed by atoms with Crippen LogP contribution in [-0.2, 0) is 26.0 Å². The van der Waals surface area contributed by atoms with Crippen molar-refractivity contribution in [1.29, 1.82) is 0 Å². The van der Waals surface area contributed by atoms with Gasteiger partial charge in [0.05, 0.1) is 10.1 Å². The van der Waals surface area contributed by atoms with Crippen LogP contribution in [0.5, 0.6) is 0 Å². The molecule has 1 fully saturated rings. The topological polar surface area (TPSA) is 126 Å². The maximum Gasteiger partial charge on any atom is 0.300 e. The third-order valence-electron chi connectivity index (χ3n) is 3.48. The van der Waals surface area contributed by atoms with Crippen molar-refractivity contribution < 1.29 is 27.5 Å². The minimum absolute atomic E-state index is 0.0915. The number of carboxylic acids is 1. The van der Waals surface area contributed by atoms with Gasteiger partial charge in [-0.3, -0.25) is 9.59 Å². The molecule has 1 amide bonds. The maximum atomic E-state index is 12.3. The van der Waals surface area contributed by atoms with E-state index >= 15 is 0 Å². The van der Waals surface area contributed by atoms with Gasteiger partial charge in [0.15, 0.2) is 5.17 Å². The van der Waals surface area contributed by atoms with Gasteiger partial charge in [0.25, 0.3) is 16.0 Å². The van der Waals surface area contributed by atoms with Gasteiger partial charge in [0.2, 0.25) is 5.91 Å². The molecule has 1 aliphatic heterocycles. The molecule has 1 unspecified atom stereocenters. The number of hydrogen-bond acceptors (Lipinski definition) is 6. The SMILES string of the molecule is CC(=O)O.Cc1ccc(S(=O)(=O)N=C2NC(=O)C(Cc3ccc(C)o3)S2)cc1. The molecule has 3 rings (SSSR count). The Morgan fingerprint density at radius 3 is 2.36 bits per heavy atom. The normalized spacial score (nSPS) is 17.8. The predicted molar refractivity (Wildman–Crippen MR) is 106 cm³/mol. The second kappa shape index (κ2) is 9.07. The summed E-state index contributed by atoms with van der Waals surface area (Å²) in [4.78, 5) is 21.1. The van der Waals surface area contributed by atoms with E-state index < -0.39 is 21.2 Å². The predicted octanol–water partition coefficient (Wildman–Crippen LogP) is 2.51. The summed E-state index contributed by atoms with van der Waals surface area (Å²) in [5.41, 5.74) is 0.957. The molecule has 1 aromatic heterocycles. The number of sulfonamides is 1. The lowest BCUT2D eigenvalue weighted by Gasteiger charge is -2.02. The van der Waals surface area contributed by atoms with Crippen molar-refractivity contribution in [2.75, 3.05) is 0 Å². The molecule has 1 aliphatic rings. The molecule has 28 heavy (non-hydrogen) atoms. The van der Waals surface area contributed by atoms with Crippen molar-refractivity contribution in [3.8, 4) is 0 Å². The summed E-state index contributed by atoms with van der Waals surface area (Å²) in [5, 5.41) is 9.57. The first kappa shape index (κ1) is 21.7. The quantitative estimate of drug-likeness (QED) is 0.772. The summed E-state index contributed by atoms with van der Waals surface area (Å²) in [6.07, 6.45) is 0.383. The Bertz CT molecular complexity index is 989. The highest BCUT2D eigenvalue weighted by molar-refractivity contribution is 8.16. The molecule has 150 valence electrons. The number of carboxylic acid groups (broad SMARTS) is 1. The van der Waals surface area contributed by atoms with Crippen molar-refractivity contribution in [3.63, 3.8) is 0 Å². The van der Waals surface area contributed by atoms with Crippen LogP contribution in [0.1, 0.15) is 24.0 Å². The van der Waals surface area contributed by atoms with Gasteiger partial charge in [-0.2, -0.15) is 8.42 Å². The number of carbonyl (C=O) groups is 2. The summed E-state index contributed by atoms with van der Waals surface area (Å²) in [6, 6.07) is 10.0. The highest BCUT2D eigenvalue weighted by atomic mass is 32.2. The highest BCUT2D eigenvalue weighted by Crippen LogP contribution is 2.25. The average molecular weight is 425 g/mol. The average Bonchev–Trinajstić information content (AvgIpc) is 3.13. The van der Waals surface area contributed by atoms with Crippen LogP contribution >= 0.6 is 11.8 Å². The number of nitrogens with one attached hydrogen (secondary N) is 1. The Labute approximate surface area is 167 Å². The lowest BCUT2D eigenvalue weighted by atomic mass is 10.2. The summed E-state index contributed by atoms with van der Waals surface area (Å²) in [7, 11) is -3.85. The van der Waals surface area contributed by atoms with Gasteiger partial charge >= 0.3 is 0 Å². The lowest BCUT2D eigenvalue weighted by molar-refractivity contribution is -0.134. The van der Waals surface area contributed by atoms with Crippen LogP contribution in [0.15, 0.2) is 50.1 Å². The summed E-state index contributed by atoms with van der Waals surface area (Å²) < 4.78 is 33.8. The second-order valence-electron chi connectivity index (χ2n) is 6.02. The zero-order valence-corrected chi connectivity index (χ0v) is 17.1. The van der Waals surface area contributed by atoms with Gasteiger partial charge in [0.1, 0.15) is 11.5 Å². The fourth-order valence-electron chi connectivity index (χ4n) is 2.23. The Morgan fingerprint density at radius 2 is 1.82 bits per heavy atom. The van der Waals surface area contributed by atoms with E-state index in [1.165, 1.54) is 12.1 Å². The van der Waals surface area contributed by atoms with Gasteiger partial charge in [-0.25, -0.2) is 0 Å². The first-order valence-corrected chi connectivity index (χ1v) is 10.5. The van der Waals surface area contributed by atoms with Crippen molar-refractivity contribution in [2.24, 2.45) is 4.40 Å². The molecule has 0 spiro atoms. The van der Waals surface area contributed by atoms with Gasteiger partial charge in [-0.05, 0) is 38.1 Å². The molecule has 0 saturated carbocycles. The van der Waals surface area contributed by atoms with Gasteiger partial charge in [-0.1, -0.05) is 29.5 Å². The minimum Gasteiger partial charge on any atom is -0.481 e. The van der Waals surface area contributed by atoms with Crippen LogP contribution in [0.4, 0.5) is 0 Å². The molecule has 0 aliphatic carbocycles. The van der Waals surface area contributed by atoms with Crippen molar-refractivity contribution in [3.05, 3.63) is 53.5 Å². The highest BCUT2D eigenvalue weighted by Gasteiger charge is 2.32. The monoisotopic (exact) mass is 424 g/mol. The molecule has 8 nitrogen and oxygen atoms in total. The Hall–Kier alpha value is -2.59. The zero-order valence-electron chi connectivity index (χ0n) is 15.5. The van der Waals surface area contributed by atoms with Gasteiger partial charge in [0, 0.05) is 13.3 Å². The fraction of sp³-hybridized carbons (Fsp3) is 0.278. The molecular weight excluding hydrogens is 404 g/mol. The standard InChI is InChI=1S/C16H16N2O4S2.C2H4O2/c1-10-3-7-13(8-4-10)24(20,21)18-16-17-15(19)14(23-16)9-12-6-5-11(2)22-12;1-2(3)4/h3-8,14H,9H2,1-2H3,(H,17,18,19);1H3,(H,3,4). The van der Waals surface area contributed by atoms with E-state index in [0.717, 1.165) is 30.0 Å². The zero-order chi connectivity index (χ0) is 20.9. The molecular formula is C18H20N2O6S2. The number of aryl methyl sites for hydroxylation is 2. The summed E-state index contributed by atoms with van der Waals surface area (Å²) >= 11 is 1.10. The molecule has 0 radical (unpaired) electrons. The van der Waals surface area contributed by atoms with Crippen LogP contribution in [-0.4, -0.2) is 35.8 Å². The first-order chi connectivity index (χ1) is 13.1. The van der Waals surface area contributed by atoms with Gasteiger partial charge in [-0.15, -0.1) is 4.40 Å². The fourth-order valence-corrected chi connectivity index (χ4v) is 4.39. The molecule has 2 N–H and O–H groups in total. The van der Waals surface area contributed by atoms with Crippen LogP contribution in [0.3, 0.4) is 0 Å². The number of aliphatic carboxylic acids is 1. The third kappa shape index (κ3) is 6.24. The maximum absolute atomic E-state index is 12.3. The van der Waals surface area contributed by atoms with Crippen molar-refractivity contribution in [1.82, 2.24) is 5.32 Å². The van der Waals surface area contributed by atoms with E-state index in [1.807, 2.05) is 19.9 Å². The van der Waals surface area contributed by atoms with Crippen LogP contribution < -0.4 is 5.32 Å². The smallest absolute Gasteiger partial charge is 0.300 e. The van der Waals surface area contributed by atoms with E-state index in [0.29, 0.717) is 12.2 Å². The first-order valence-electron chi connectivity index (χ1n) is 8.21. The molecule has 1 saturated heterocycles. The largest absolute Gasteiger partial charge is 0.481 e. The molecule has 2 aromatic rings. The third-order valence-corrected chi connectivity index (χ3v) is 5.97. The van der Waals surface area contributed by atoms with E-state index in [2.05, 4.69) is 9.71 Å². The Kier molecular flexibility index (Phi) is 7.03. The number of benzene rings is 1. The number of nitrogens with zero attached hydrogens (tertiary/aromatic N) is 1. The van der Waals surface area contributed by atoms with Crippen molar-refractivity contribution >= 4 is 38.8 Å². The number of furan rings is 1. The number of thioether (sulfide) groups is 1. The van der Waals surface area contributed by atoms with Crippen LogP contribution in [0, 0.1) is 13.8 Å². The van der Waals surface area contributed by atoms with E-state index in [9.17, 15) is 13.2 Å². The number of carbonyl (C=O) groups excluding carboxylic acids is 1. The second-order valence-corrected chi connectivity index (χ2v) is 8.81. The van der Waals surface area contributed by atoms with Crippen LogP contribution in [0.2, 0.25) is 0 Å². The van der Waals surface area contributed by atoms with Crippen LogP contribution in [0.25, 0.3) is 0 Å². The summed E-state index contributed by atoms with van der Waals surface area (Å²) in [5.74, 6) is 0.346. The molecule has 1 atom stereocenters. The van der Waals surface area contributed by atoms with E-state index in [1.54, 1.807) is 18.2 Å². The molecule has 10 heteroatoms. The number of amidine groups is 1. The Morgan fingerprint density at radius 1 is 1.21 bits per heavy atom. The number of rotatable bonds is 4. The van der Waals surface area contributed by atoms with Crippen molar-refractivity contribution in [2.45, 2.75) is 37.3 Å². The number of hydrogen-bond donors (Lipinski definition) is 2. The molecule has 2 heterocycles. The summed E-state index contributed by atoms with van der Waals surface area (Å²) in [6.45, 7) is 4.78. The molecule has 0 bridgehead atoms. The van der Waals surface area contributed by atoms with E-state index in [4.69, 9.17) is 14.3 Å². The van der Waals surface area contributed by atoms with Gasteiger partial charge < -0.3 is 14.8 Å². The Balaban J connectivity index is 0.000000640. The van der Waals surface area contributed by atoms with E-state index in [-0.39, 0.29) is 16.0 Å². The minimum atomic E-state index is -3.85.